The average molecular weight is 342 g/mol. The quantitative estimate of drug-likeness (QED) is 0.579. The molecule has 2 N–H and O–H groups in total. The van der Waals surface area contributed by atoms with E-state index in [1.807, 2.05) is 24.3 Å². The molecule has 120 valence electrons. The fourth-order valence-electron chi connectivity index (χ4n) is 2.45. The molecule has 24 heavy (non-hydrogen) atoms. The smallest absolute Gasteiger partial charge is 0.335 e. The number of anilines is 2. The van der Waals surface area contributed by atoms with E-state index in [4.69, 9.17) is 9.52 Å². The molecule has 0 fully saturated rings. The highest BCUT2D eigenvalue weighted by Crippen LogP contribution is 2.31. The molecule has 0 saturated heterocycles. The van der Waals surface area contributed by atoms with Gasteiger partial charge in [0.2, 0.25) is 0 Å². The Labute approximate surface area is 142 Å². The van der Waals surface area contributed by atoms with Gasteiger partial charge in [0.05, 0.1) is 5.56 Å². The van der Waals surface area contributed by atoms with Crippen molar-refractivity contribution in [2.75, 3.05) is 5.32 Å². The Morgan fingerprint density at radius 3 is 2.54 bits per heavy atom. The molecule has 0 aliphatic rings. The minimum Gasteiger partial charge on any atom is -0.478 e. The summed E-state index contributed by atoms with van der Waals surface area (Å²) < 4.78 is 5.84. The van der Waals surface area contributed by atoms with Crippen molar-refractivity contribution >= 4 is 52.0 Å². The monoisotopic (exact) mass is 341 g/mol. The Morgan fingerprint density at radius 1 is 1.04 bits per heavy atom. The van der Waals surface area contributed by atoms with Gasteiger partial charge in [-0.1, -0.05) is 12.1 Å². The van der Waals surface area contributed by atoms with E-state index < -0.39 is 5.97 Å². The van der Waals surface area contributed by atoms with Crippen molar-refractivity contribution in [3.63, 3.8) is 0 Å². The Hall–Kier alpha value is -3.12. The molecule has 0 aliphatic carbocycles. The summed E-state index contributed by atoms with van der Waals surface area (Å²) in [6.45, 7) is 0. The summed E-state index contributed by atoms with van der Waals surface area (Å²) in [5.41, 5.74) is 2.99. The van der Waals surface area contributed by atoms with Gasteiger partial charge in [0.25, 0.3) is 0 Å². The van der Waals surface area contributed by atoms with Gasteiger partial charge in [-0.15, -0.1) is 12.4 Å². The summed E-state index contributed by atoms with van der Waals surface area (Å²) in [5.74, 6) is -0.424. The fourth-order valence-corrected chi connectivity index (χ4v) is 2.45. The third-order valence-electron chi connectivity index (χ3n) is 3.55. The van der Waals surface area contributed by atoms with Crippen LogP contribution < -0.4 is 5.32 Å². The molecule has 0 saturated carbocycles. The molecule has 0 radical (unpaired) electrons. The van der Waals surface area contributed by atoms with Crippen LogP contribution >= 0.6 is 12.4 Å². The summed E-state index contributed by atoms with van der Waals surface area (Å²) >= 11 is 0. The molecule has 2 aromatic heterocycles. The van der Waals surface area contributed by atoms with Gasteiger partial charge in [-0.25, -0.2) is 14.8 Å². The first-order chi connectivity index (χ1) is 11.2. The van der Waals surface area contributed by atoms with Gasteiger partial charge in [0, 0.05) is 11.1 Å². The average Bonchev–Trinajstić information content (AvgIpc) is 2.95. The summed E-state index contributed by atoms with van der Waals surface area (Å²) in [4.78, 5) is 19.4. The van der Waals surface area contributed by atoms with Crippen molar-refractivity contribution < 1.29 is 14.3 Å². The number of benzene rings is 2. The number of fused-ring (bicyclic) bond motifs is 3. The van der Waals surface area contributed by atoms with Crippen LogP contribution in [-0.2, 0) is 0 Å². The predicted molar refractivity (Wildman–Crippen MR) is 93.2 cm³/mol. The summed E-state index contributed by atoms with van der Waals surface area (Å²) in [7, 11) is 0. The van der Waals surface area contributed by atoms with Crippen molar-refractivity contribution in [2.45, 2.75) is 0 Å². The highest BCUT2D eigenvalue weighted by atomic mass is 35.5. The van der Waals surface area contributed by atoms with Gasteiger partial charge in [-0.05, 0) is 36.4 Å². The van der Waals surface area contributed by atoms with Crippen molar-refractivity contribution in [2.24, 2.45) is 0 Å². The molecule has 6 nitrogen and oxygen atoms in total. The second-order valence-electron chi connectivity index (χ2n) is 5.01. The zero-order valence-corrected chi connectivity index (χ0v) is 13.1. The third kappa shape index (κ3) is 2.63. The third-order valence-corrected chi connectivity index (χ3v) is 3.55. The first kappa shape index (κ1) is 15.8. The van der Waals surface area contributed by atoms with Crippen LogP contribution in [0.25, 0.3) is 22.1 Å². The molecule has 0 amide bonds. The predicted octanol–water partition coefficient (Wildman–Crippen LogP) is 4.24. The number of rotatable bonds is 3. The lowest BCUT2D eigenvalue weighted by Gasteiger charge is -2.05. The minimum atomic E-state index is -0.960. The van der Waals surface area contributed by atoms with Crippen molar-refractivity contribution in [3.05, 3.63) is 60.4 Å². The Bertz CT molecular complexity index is 1030. The summed E-state index contributed by atoms with van der Waals surface area (Å²) in [6, 6.07) is 14.1. The largest absolute Gasteiger partial charge is 0.478 e. The van der Waals surface area contributed by atoms with Crippen LogP contribution in [0.2, 0.25) is 0 Å². The zero-order valence-electron chi connectivity index (χ0n) is 12.3. The molecule has 0 bridgehead atoms. The van der Waals surface area contributed by atoms with E-state index in [9.17, 15) is 4.79 Å². The number of carbonyl (C=O) groups is 1. The van der Waals surface area contributed by atoms with Gasteiger partial charge in [0.1, 0.15) is 17.4 Å². The molecule has 2 heterocycles. The molecule has 0 spiro atoms. The summed E-state index contributed by atoms with van der Waals surface area (Å²) in [6.07, 6.45) is 1.47. The molecule has 0 aliphatic heterocycles. The Kier molecular flexibility index (Phi) is 4.05. The summed E-state index contributed by atoms with van der Waals surface area (Å²) in [5, 5.41) is 13.0. The first-order valence-electron chi connectivity index (χ1n) is 6.95. The van der Waals surface area contributed by atoms with E-state index in [0.717, 1.165) is 22.2 Å². The first-order valence-corrected chi connectivity index (χ1v) is 6.95. The number of aromatic carboxylic acids is 1. The minimum absolute atomic E-state index is 0. The van der Waals surface area contributed by atoms with Crippen LogP contribution in [0.5, 0.6) is 0 Å². The van der Waals surface area contributed by atoms with Gasteiger partial charge < -0.3 is 14.8 Å². The zero-order chi connectivity index (χ0) is 15.8. The highest BCUT2D eigenvalue weighted by molar-refractivity contribution is 6.05. The number of nitrogens with zero attached hydrogens (tertiary/aromatic N) is 2. The number of nitrogens with one attached hydrogen (secondary N) is 1. The van der Waals surface area contributed by atoms with E-state index in [-0.39, 0.29) is 18.0 Å². The number of carboxylic acid groups (broad SMARTS) is 1. The van der Waals surface area contributed by atoms with E-state index in [1.54, 1.807) is 12.1 Å². The van der Waals surface area contributed by atoms with E-state index in [2.05, 4.69) is 15.3 Å². The molecular weight excluding hydrogens is 330 g/mol. The lowest BCUT2D eigenvalue weighted by Crippen LogP contribution is -1.98. The molecule has 4 rings (SSSR count). The molecule has 2 aromatic carbocycles. The van der Waals surface area contributed by atoms with E-state index >= 15 is 0 Å². The van der Waals surface area contributed by atoms with Crippen LogP contribution in [0.3, 0.4) is 0 Å². The Balaban J connectivity index is 0.00000169. The molecule has 0 atom stereocenters. The van der Waals surface area contributed by atoms with Gasteiger partial charge in [-0.2, -0.15) is 0 Å². The van der Waals surface area contributed by atoms with Gasteiger partial charge >= 0.3 is 5.97 Å². The number of halogens is 1. The second-order valence-corrected chi connectivity index (χ2v) is 5.01. The van der Waals surface area contributed by atoms with E-state index in [0.29, 0.717) is 11.4 Å². The maximum Gasteiger partial charge on any atom is 0.335 e. The molecule has 0 unspecified atom stereocenters. The number of hydrogen-bond acceptors (Lipinski definition) is 5. The van der Waals surface area contributed by atoms with Crippen LogP contribution in [0.1, 0.15) is 10.4 Å². The SMILES string of the molecule is Cl.O=C(O)c1ccc(Nc2ncnc3c2oc2ccccc23)cc1. The molecule has 7 heteroatoms. The molecule has 4 aromatic rings. The van der Waals surface area contributed by atoms with Crippen LogP contribution in [-0.4, -0.2) is 21.0 Å². The van der Waals surface area contributed by atoms with Crippen molar-refractivity contribution in [1.29, 1.82) is 0 Å². The van der Waals surface area contributed by atoms with E-state index in [1.165, 1.54) is 18.5 Å². The lowest BCUT2D eigenvalue weighted by atomic mass is 10.2. The maximum absolute atomic E-state index is 10.9. The van der Waals surface area contributed by atoms with Crippen LogP contribution in [0.4, 0.5) is 11.5 Å². The van der Waals surface area contributed by atoms with Gasteiger partial charge in [0.15, 0.2) is 11.4 Å². The van der Waals surface area contributed by atoms with Crippen molar-refractivity contribution in [1.82, 2.24) is 9.97 Å². The number of aromatic nitrogens is 2. The number of para-hydroxylation sites is 1. The maximum atomic E-state index is 10.9. The topological polar surface area (TPSA) is 88.2 Å². The number of hydrogen-bond donors (Lipinski definition) is 2. The molecular formula is C17H12ClN3O3. The van der Waals surface area contributed by atoms with Crippen LogP contribution in [0.15, 0.2) is 59.3 Å². The highest BCUT2D eigenvalue weighted by Gasteiger charge is 2.13. The number of carboxylic acids is 1. The van der Waals surface area contributed by atoms with Crippen molar-refractivity contribution in [3.8, 4) is 0 Å². The van der Waals surface area contributed by atoms with Gasteiger partial charge in [-0.3, -0.25) is 0 Å². The Morgan fingerprint density at radius 2 is 1.79 bits per heavy atom. The standard InChI is InChI=1S/C17H11N3O3.ClH/c21-17(22)10-5-7-11(8-6-10)20-16-15-14(18-9-19-16)12-3-1-2-4-13(12)23-15;/h1-9H,(H,21,22)(H,18,19,20);1H. The number of furan rings is 1. The second kappa shape index (κ2) is 6.17. The fraction of sp³-hybridized carbons (Fsp3) is 0. The van der Waals surface area contributed by atoms with Crippen LogP contribution in [0, 0.1) is 0 Å². The lowest BCUT2D eigenvalue weighted by molar-refractivity contribution is 0.0697. The normalized spacial score (nSPS) is 10.5.